The molecule has 0 unspecified atom stereocenters. The molecule has 0 heterocycles. The SMILES string of the molecule is Cc1cccc(Nc2ccc([N+](=O)[O-])cc2[N+](=O)[O-])c1C(=O)[O-].[Na+]. The van der Waals surface area contributed by atoms with E-state index in [1.807, 2.05) is 0 Å². The summed E-state index contributed by atoms with van der Waals surface area (Å²) in [5.74, 6) is -1.44. The Morgan fingerprint density at radius 3 is 2.25 bits per heavy atom. The average molecular weight is 339 g/mol. The fraction of sp³-hybridized carbons (Fsp3) is 0.0714. The molecule has 2 rings (SSSR count). The van der Waals surface area contributed by atoms with Gasteiger partial charge in [-0.15, -0.1) is 0 Å². The molecule has 0 fully saturated rings. The number of hydrogen-bond donors (Lipinski definition) is 1. The number of carboxylic acid groups (broad SMARTS) is 1. The number of nitro groups is 2. The number of hydrogen-bond acceptors (Lipinski definition) is 7. The fourth-order valence-corrected chi connectivity index (χ4v) is 2.08. The number of carbonyl (C=O) groups is 1. The number of carboxylic acids is 1. The monoisotopic (exact) mass is 339 g/mol. The van der Waals surface area contributed by atoms with Crippen LogP contribution in [-0.2, 0) is 0 Å². The van der Waals surface area contributed by atoms with Gasteiger partial charge in [0.05, 0.1) is 21.9 Å². The first-order valence-electron chi connectivity index (χ1n) is 6.32. The molecule has 0 saturated carbocycles. The van der Waals surface area contributed by atoms with E-state index in [0.29, 0.717) is 5.56 Å². The molecule has 0 radical (unpaired) electrons. The second-order valence-electron chi connectivity index (χ2n) is 4.63. The summed E-state index contributed by atoms with van der Waals surface area (Å²) in [7, 11) is 0. The van der Waals surface area contributed by atoms with Gasteiger partial charge >= 0.3 is 29.6 Å². The Morgan fingerprint density at radius 1 is 1.04 bits per heavy atom. The molecule has 9 nitrogen and oxygen atoms in total. The maximum absolute atomic E-state index is 11.2. The molecular formula is C14H10N3NaO6. The molecule has 0 atom stereocenters. The van der Waals surface area contributed by atoms with Crippen LogP contribution in [0, 0.1) is 27.2 Å². The van der Waals surface area contributed by atoms with Crippen molar-refractivity contribution in [1.82, 2.24) is 0 Å². The predicted molar refractivity (Wildman–Crippen MR) is 78.5 cm³/mol. The normalized spacial score (nSPS) is 9.71. The maximum atomic E-state index is 11.2. The van der Waals surface area contributed by atoms with Crippen molar-refractivity contribution in [3.8, 4) is 0 Å². The van der Waals surface area contributed by atoms with Crippen molar-refractivity contribution in [1.29, 1.82) is 0 Å². The first-order valence-corrected chi connectivity index (χ1v) is 6.32. The number of anilines is 2. The summed E-state index contributed by atoms with van der Waals surface area (Å²) >= 11 is 0. The van der Waals surface area contributed by atoms with Crippen LogP contribution in [0.4, 0.5) is 22.7 Å². The largest absolute Gasteiger partial charge is 1.00 e. The smallest absolute Gasteiger partial charge is 0.545 e. The van der Waals surface area contributed by atoms with Crippen LogP contribution in [0.5, 0.6) is 0 Å². The van der Waals surface area contributed by atoms with Crippen molar-refractivity contribution in [3.05, 3.63) is 67.8 Å². The minimum Gasteiger partial charge on any atom is -0.545 e. The van der Waals surface area contributed by atoms with Crippen molar-refractivity contribution in [3.63, 3.8) is 0 Å². The van der Waals surface area contributed by atoms with Crippen molar-refractivity contribution < 1.29 is 49.3 Å². The summed E-state index contributed by atoms with van der Waals surface area (Å²) < 4.78 is 0. The predicted octanol–water partition coefficient (Wildman–Crippen LogP) is -1.08. The average Bonchev–Trinajstić information content (AvgIpc) is 2.46. The Kier molecular flexibility index (Phi) is 6.41. The van der Waals surface area contributed by atoms with Gasteiger partial charge in [-0.05, 0) is 24.6 Å². The van der Waals surface area contributed by atoms with Crippen LogP contribution in [0.25, 0.3) is 0 Å². The van der Waals surface area contributed by atoms with E-state index in [4.69, 9.17) is 0 Å². The Labute approximate surface area is 157 Å². The third-order valence-corrected chi connectivity index (χ3v) is 3.14. The zero-order chi connectivity index (χ0) is 17.1. The first kappa shape index (κ1) is 19.6. The van der Waals surface area contributed by atoms with E-state index in [1.54, 1.807) is 19.1 Å². The molecule has 24 heavy (non-hydrogen) atoms. The Balaban J connectivity index is 0.00000288. The molecule has 0 aromatic heterocycles. The van der Waals surface area contributed by atoms with Gasteiger partial charge in [-0.1, -0.05) is 12.1 Å². The zero-order valence-electron chi connectivity index (χ0n) is 12.8. The molecule has 2 aromatic rings. The third kappa shape index (κ3) is 4.07. The first-order chi connectivity index (χ1) is 10.8. The second kappa shape index (κ2) is 7.86. The minimum absolute atomic E-state index is 0. The van der Waals surface area contributed by atoms with Gasteiger partial charge in [-0.2, -0.15) is 0 Å². The van der Waals surface area contributed by atoms with E-state index in [1.165, 1.54) is 6.07 Å². The standard InChI is InChI=1S/C14H11N3O6.Na/c1-8-3-2-4-11(13(8)14(18)19)15-10-6-5-9(16(20)21)7-12(10)17(22)23;/h2-7,15H,1H3,(H,18,19);/q;+1/p-1. The number of benzene rings is 2. The molecule has 0 aliphatic carbocycles. The summed E-state index contributed by atoms with van der Waals surface area (Å²) in [6, 6.07) is 7.59. The van der Waals surface area contributed by atoms with Crippen LogP contribution in [0.15, 0.2) is 36.4 Å². The van der Waals surface area contributed by atoms with Crippen LogP contribution >= 0.6 is 0 Å². The summed E-state index contributed by atoms with van der Waals surface area (Å²) in [5, 5.41) is 35.6. The van der Waals surface area contributed by atoms with Gasteiger partial charge in [0, 0.05) is 17.3 Å². The summed E-state index contributed by atoms with van der Waals surface area (Å²) in [6.07, 6.45) is 0. The number of nitrogens with one attached hydrogen (secondary N) is 1. The number of aromatic carboxylic acids is 1. The topological polar surface area (TPSA) is 138 Å². The van der Waals surface area contributed by atoms with E-state index in [2.05, 4.69) is 5.32 Å². The van der Waals surface area contributed by atoms with Crippen LogP contribution in [0.1, 0.15) is 15.9 Å². The number of carbonyl (C=O) groups excluding carboxylic acids is 1. The summed E-state index contributed by atoms with van der Waals surface area (Å²) in [5.41, 5.74) is -0.660. The van der Waals surface area contributed by atoms with E-state index in [9.17, 15) is 30.1 Å². The van der Waals surface area contributed by atoms with Crippen LogP contribution < -0.4 is 40.0 Å². The Bertz CT molecular complexity index is 824. The molecule has 0 aliphatic rings. The van der Waals surface area contributed by atoms with E-state index < -0.39 is 27.2 Å². The van der Waals surface area contributed by atoms with Crippen molar-refractivity contribution in [2.24, 2.45) is 0 Å². The Morgan fingerprint density at radius 2 is 1.71 bits per heavy atom. The number of aryl methyl sites for hydroxylation is 1. The molecule has 10 heteroatoms. The molecule has 0 spiro atoms. The molecule has 0 amide bonds. The van der Waals surface area contributed by atoms with E-state index >= 15 is 0 Å². The van der Waals surface area contributed by atoms with Crippen molar-refractivity contribution in [2.75, 3.05) is 5.32 Å². The van der Waals surface area contributed by atoms with Gasteiger partial charge in [0.1, 0.15) is 5.69 Å². The molecule has 0 aliphatic heterocycles. The molecule has 2 aromatic carbocycles. The second-order valence-corrected chi connectivity index (χ2v) is 4.63. The van der Waals surface area contributed by atoms with Gasteiger partial charge in [0.15, 0.2) is 0 Å². The molecule has 0 saturated heterocycles. The van der Waals surface area contributed by atoms with Gasteiger partial charge in [0.2, 0.25) is 0 Å². The van der Waals surface area contributed by atoms with Crippen LogP contribution in [0.2, 0.25) is 0 Å². The van der Waals surface area contributed by atoms with E-state index in [0.717, 1.165) is 18.2 Å². The number of nitrogens with zero attached hydrogens (tertiary/aromatic N) is 2. The van der Waals surface area contributed by atoms with Gasteiger partial charge in [-0.25, -0.2) is 0 Å². The molecule has 0 bridgehead atoms. The van der Waals surface area contributed by atoms with Gasteiger partial charge in [0.25, 0.3) is 11.4 Å². The number of rotatable bonds is 5. The van der Waals surface area contributed by atoms with Crippen molar-refractivity contribution in [2.45, 2.75) is 6.92 Å². The van der Waals surface area contributed by atoms with Gasteiger partial charge < -0.3 is 15.2 Å². The third-order valence-electron chi connectivity index (χ3n) is 3.14. The van der Waals surface area contributed by atoms with Gasteiger partial charge in [-0.3, -0.25) is 20.2 Å². The summed E-state index contributed by atoms with van der Waals surface area (Å²) in [4.78, 5) is 31.5. The van der Waals surface area contributed by atoms with Crippen LogP contribution in [0.3, 0.4) is 0 Å². The van der Waals surface area contributed by atoms with E-state index in [-0.39, 0.29) is 46.5 Å². The quantitative estimate of drug-likeness (QED) is 0.415. The number of nitro benzene ring substituents is 2. The molecular weight excluding hydrogens is 329 g/mol. The Hall–Kier alpha value is -2.49. The maximum Gasteiger partial charge on any atom is 1.00 e. The molecule has 118 valence electrons. The van der Waals surface area contributed by atoms with Crippen LogP contribution in [-0.4, -0.2) is 15.8 Å². The number of non-ortho nitro benzene ring substituents is 1. The zero-order valence-corrected chi connectivity index (χ0v) is 14.8. The summed E-state index contributed by atoms with van der Waals surface area (Å²) in [6.45, 7) is 1.56. The molecule has 1 N–H and O–H groups in total. The fourth-order valence-electron chi connectivity index (χ4n) is 2.08. The van der Waals surface area contributed by atoms with Crippen molar-refractivity contribution >= 4 is 28.7 Å². The minimum atomic E-state index is -1.44.